The molecule has 2 saturated carbocycles. The highest BCUT2D eigenvalue weighted by Gasteiger charge is 2.57. The molecule has 2 fully saturated rings. The Bertz CT molecular complexity index is 792. The highest BCUT2D eigenvalue weighted by molar-refractivity contribution is 5.75. The minimum absolute atomic E-state index is 0.0484. The molecule has 0 spiro atoms. The third-order valence-electron chi connectivity index (χ3n) is 10.8. The monoisotopic (exact) mass is 487 g/mol. The van der Waals surface area contributed by atoms with Crippen molar-refractivity contribution in [3.63, 3.8) is 0 Å². The summed E-state index contributed by atoms with van der Waals surface area (Å²) >= 11 is 0. The molecule has 0 saturated heterocycles. The lowest BCUT2D eigenvalue weighted by molar-refractivity contribution is -0.159. The van der Waals surface area contributed by atoms with Gasteiger partial charge >= 0.3 is 5.97 Å². The first-order valence-corrected chi connectivity index (χ1v) is 14.9. The summed E-state index contributed by atoms with van der Waals surface area (Å²) < 4.78 is 20.4. The molecule has 0 aromatic heterocycles. The second kappa shape index (κ2) is 10.5. The maximum atomic E-state index is 14.5. The summed E-state index contributed by atoms with van der Waals surface area (Å²) in [6.45, 7) is 15.3. The number of halogens is 1. The molecule has 0 aliphatic heterocycles. The Hall–Kier alpha value is -0.860. The molecule has 0 aromatic rings. The Kier molecular flexibility index (Phi) is 8.14. The van der Waals surface area contributed by atoms with E-state index in [9.17, 15) is 9.18 Å². The van der Waals surface area contributed by atoms with E-state index < -0.39 is 5.41 Å². The predicted octanol–water partition coefficient (Wildman–Crippen LogP) is 8.94. The number of rotatable bonds is 7. The van der Waals surface area contributed by atoms with Crippen molar-refractivity contribution < 1.29 is 13.9 Å². The second-order valence-corrected chi connectivity index (χ2v) is 14.6. The molecule has 0 bridgehead atoms. The molecular formula is C32H53FO2. The summed E-state index contributed by atoms with van der Waals surface area (Å²) in [5, 5.41) is 0. The lowest BCUT2D eigenvalue weighted by atomic mass is 9.51. The van der Waals surface area contributed by atoms with Crippen LogP contribution >= 0.6 is 0 Å². The molecule has 200 valence electrons. The molecule has 2 nitrogen and oxygen atoms in total. The van der Waals surface area contributed by atoms with E-state index in [0.29, 0.717) is 17.3 Å². The number of carbonyl (C=O) groups excluding carboxylic acids is 1. The van der Waals surface area contributed by atoms with Gasteiger partial charge in [-0.05, 0) is 107 Å². The molecule has 4 aliphatic rings. The third kappa shape index (κ3) is 5.40. The van der Waals surface area contributed by atoms with Gasteiger partial charge in [-0.15, -0.1) is 0 Å². The lowest BCUT2D eigenvalue weighted by Crippen LogP contribution is -2.47. The predicted molar refractivity (Wildman–Crippen MR) is 143 cm³/mol. The average Bonchev–Trinajstić information content (AvgIpc) is 3.14. The van der Waals surface area contributed by atoms with Crippen molar-refractivity contribution in [3.8, 4) is 0 Å². The Morgan fingerprint density at radius 1 is 1.09 bits per heavy atom. The normalized spacial score (nSPS) is 38.1. The minimum Gasteiger partial charge on any atom is -0.462 e. The largest absolute Gasteiger partial charge is 0.462 e. The second-order valence-electron chi connectivity index (χ2n) is 14.6. The Morgan fingerprint density at radius 2 is 1.83 bits per heavy atom. The van der Waals surface area contributed by atoms with Crippen LogP contribution in [0.4, 0.5) is 4.39 Å². The number of esters is 1. The number of allylic oxidation sites excluding steroid dienone is 1. The molecule has 8 atom stereocenters. The fraction of sp³-hybridized carbons (Fsp3) is 0.906. The fourth-order valence-electron chi connectivity index (χ4n) is 8.94. The maximum Gasteiger partial charge on any atom is 0.311 e. The molecule has 0 heterocycles. The zero-order valence-corrected chi connectivity index (χ0v) is 23.8. The van der Waals surface area contributed by atoms with Crippen LogP contribution in [0.5, 0.6) is 0 Å². The van der Waals surface area contributed by atoms with E-state index in [1.807, 2.05) is 20.8 Å². The standard InChI is InChI=1S/C32H53FO2/c1-20(2)9-8-10-21(3)28-13-14-29-27-17-22(19-33)26-18-23(35-30(34)31(4,5)6)11-12-24(26)25(27)15-16-32(28,29)7/h20-23,25,27-29H,8-19H2,1-7H3/t21-,22?,23+,25-,27-,28-,29+,32-/m1/s1/i33-1. The Balaban J connectivity index is 1.48. The lowest BCUT2D eigenvalue weighted by Gasteiger charge is -2.54. The van der Waals surface area contributed by atoms with Crippen molar-refractivity contribution >= 4 is 5.97 Å². The van der Waals surface area contributed by atoms with Gasteiger partial charge < -0.3 is 4.74 Å². The van der Waals surface area contributed by atoms with Crippen LogP contribution < -0.4 is 0 Å². The number of alkyl halides is 1. The van der Waals surface area contributed by atoms with Gasteiger partial charge in [-0.3, -0.25) is 9.18 Å². The molecule has 4 rings (SSSR count). The smallest absolute Gasteiger partial charge is 0.311 e. The van der Waals surface area contributed by atoms with Crippen LogP contribution in [0.2, 0.25) is 0 Å². The Labute approximate surface area is 215 Å². The molecular weight excluding hydrogens is 434 g/mol. The minimum atomic E-state index is -0.482. The molecule has 0 N–H and O–H groups in total. The van der Waals surface area contributed by atoms with Crippen LogP contribution in [0.1, 0.15) is 119 Å². The van der Waals surface area contributed by atoms with Crippen LogP contribution in [0.25, 0.3) is 0 Å². The highest BCUT2D eigenvalue weighted by Crippen LogP contribution is 2.65. The quantitative estimate of drug-likeness (QED) is 0.265. The average molecular weight is 488 g/mol. The van der Waals surface area contributed by atoms with Gasteiger partial charge in [-0.25, -0.2) is 0 Å². The molecule has 3 heteroatoms. The number of hydrogen-bond donors (Lipinski definition) is 0. The summed E-state index contributed by atoms with van der Waals surface area (Å²) in [6, 6.07) is 0. The van der Waals surface area contributed by atoms with Crippen LogP contribution in [-0.4, -0.2) is 18.7 Å². The maximum absolute atomic E-state index is 14.5. The van der Waals surface area contributed by atoms with Crippen molar-refractivity contribution in [1.29, 1.82) is 0 Å². The van der Waals surface area contributed by atoms with Crippen molar-refractivity contribution in [3.05, 3.63) is 11.1 Å². The fourth-order valence-corrected chi connectivity index (χ4v) is 8.94. The van der Waals surface area contributed by atoms with Crippen LogP contribution in [0.3, 0.4) is 0 Å². The van der Waals surface area contributed by atoms with E-state index in [0.717, 1.165) is 49.4 Å². The van der Waals surface area contributed by atoms with E-state index in [4.69, 9.17) is 4.74 Å². The molecule has 1 unspecified atom stereocenters. The van der Waals surface area contributed by atoms with Crippen molar-refractivity contribution in [2.24, 2.45) is 52.3 Å². The van der Waals surface area contributed by atoms with Crippen molar-refractivity contribution in [2.45, 2.75) is 125 Å². The molecule has 0 radical (unpaired) electrons. The van der Waals surface area contributed by atoms with Crippen LogP contribution in [-0.2, 0) is 9.53 Å². The van der Waals surface area contributed by atoms with Crippen molar-refractivity contribution in [2.75, 3.05) is 6.67 Å². The van der Waals surface area contributed by atoms with Gasteiger partial charge in [0.2, 0.25) is 0 Å². The van der Waals surface area contributed by atoms with Gasteiger partial charge in [0.05, 0.1) is 12.1 Å². The molecule has 4 aliphatic carbocycles. The van der Waals surface area contributed by atoms with E-state index in [1.54, 1.807) is 5.57 Å². The van der Waals surface area contributed by atoms with Crippen LogP contribution in [0.15, 0.2) is 11.1 Å². The first-order valence-electron chi connectivity index (χ1n) is 14.9. The van der Waals surface area contributed by atoms with Gasteiger partial charge in [-0.1, -0.05) is 58.1 Å². The van der Waals surface area contributed by atoms with Gasteiger partial charge in [-0.2, -0.15) is 0 Å². The van der Waals surface area contributed by atoms with Gasteiger partial charge in [0, 0.05) is 12.3 Å². The van der Waals surface area contributed by atoms with Gasteiger partial charge in [0.1, 0.15) is 6.10 Å². The zero-order chi connectivity index (χ0) is 25.5. The summed E-state index contributed by atoms with van der Waals surface area (Å²) in [6.07, 6.45) is 13.1. The number of carbonyl (C=O) groups is 1. The van der Waals surface area contributed by atoms with Crippen molar-refractivity contribution in [1.82, 2.24) is 0 Å². The summed E-state index contributed by atoms with van der Waals surface area (Å²) in [7, 11) is 0. The first-order chi connectivity index (χ1) is 16.5. The Morgan fingerprint density at radius 3 is 2.49 bits per heavy atom. The third-order valence-corrected chi connectivity index (χ3v) is 10.8. The summed E-state index contributed by atoms with van der Waals surface area (Å²) in [4.78, 5) is 12.5. The number of hydrogen-bond acceptors (Lipinski definition) is 2. The summed E-state index contributed by atoms with van der Waals surface area (Å²) in [5.74, 6) is 4.46. The van der Waals surface area contributed by atoms with E-state index >= 15 is 0 Å². The van der Waals surface area contributed by atoms with Gasteiger partial charge in [0.25, 0.3) is 0 Å². The zero-order valence-electron chi connectivity index (χ0n) is 23.8. The molecule has 35 heavy (non-hydrogen) atoms. The molecule has 0 aromatic carbocycles. The van der Waals surface area contributed by atoms with Gasteiger partial charge in [0.15, 0.2) is 0 Å². The number of ether oxygens (including phenoxy) is 1. The number of fused-ring (bicyclic) bond motifs is 4. The molecule has 0 amide bonds. The van der Waals surface area contributed by atoms with E-state index in [1.165, 1.54) is 50.5 Å². The van der Waals surface area contributed by atoms with Crippen LogP contribution in [0, 0.1) is 52.3 Å². The van der Waals surface area contributed by atoms with E-state index in [-0.39, 0.29) is 24.7 Å². The van der Waals surface area contributed by atoms with E-state index in [2.05, 4.69) is 27.7 Å². The summed E-state index contributed by atoms with van der Waals surface area (Å²) in [5.41, 5.74) is 2.89. The first kappa shape index (κ1) is 27.2. The SMILES string of the molecule is CC(C)CCC[C@@H](C)[C@H]1CC[C@H]2[C@@H]3CC(C[18F])C4=C(CC[C@H](OC(=O)C(C)(C)C)C4)[C@H]3CC[C@]12C. The highest BCUT2D eigenvalue weighted by atomic mass is 18.2. The topological polar surface area (TPSA) is 26.3 Å².